The summed E-state index contributed by atoms with van der Waals surface area (Å²) in [4.78, 5) is 26.8. The predicted octanol–water partition coefficient (Wildman–Crippen LogP) is -0.346. The number of nitrogens with zero attached hydrogens (tertiary/aromatic N) is 2. The molecule has 2 rings (SSSR count). The Morgan fingerprint density at radius 2 is 1.67 bits per heavy atom. The molecule has 1 heterocycles. The Morgan fingerprint density at radius 1 is 1.08 bits per heavy atom. The molecule has 0 radical (unpaired) electrons. The number of hydrogen-bond donors (Lipinski definition) is 2. The molecular weight excluding hydrogens is 336 g/mol. The molecule has 9 nitrogen and oxygen atoms in total. The maximum atomic E-state index is 12.1. The minimum absolute atomic E-state index is 0.0364. The monoisotopic (exact) mass is 362 g/mol. The first-order valence-corrected chi connectivity index (χ1v) is 9.86. The van der Waals surface area contributed by atoms with Crippen LogP contribution >= 0.6 is 0 Å². The van der Waals surface area contributed by atoms with Crippen molar-refractivity contribution >= 4 is 22.2 Å². The van der Waals surface area contributed by atoms with E-state index in [0.29, 0.717) is 32.8 Å². The highest BCUT2D eigenvalue weighted by atomic mass is 32.2. The smallest absolute Gasteiger partial charge is 0.409 e. The Morgan fingerprint density at radius 3 is 2.25 bits per heavy atom. The number of hydrogen-bond acceptors (Lipinski definition) is 5. The van der Waals surface area contributed by atoms with Crippen LogP contribution in [0.3, 0.4) is 0 Å². The van der Waals surface area contributed by atoms with Gasteiger partial charge in [-0.15, -0.1) is 0 Å². The summed E-state index contributed by atoms with van der Waals surface area (Å²) in [5.74, 6) is -0.296. The maximum Gasteiger partial charge on any atom is 0.409 e. The van der Waals surface area contributed by atoms with Gasteiger partial charge in [-0.1, -0.05) is 12.8 Å². The lowest BCUT2D eigenvalue weighted by atomic mass is 10.3. The summed E-state index contributed by atoms with van der Waals surface area (Å²) < 4.78 is 33.6. The number of rotatable bonds is 6. The fourth-order valence-electron chi connectivity index (χ4n) is 2.93. The highest BCUT2D eigenvalue weighted by Gasteiger charge is 2.26. The third kappa shape index (κ3) is 5.60. The molecule has 2 fully saturated rings. The second-order valence-corrected chi connectivity index (χ2v) is 7.52. The number of amides is 2. The van der Waals surface area contributed by atoms with E-state index in [-0.39, 0.29) is 24.6 Å². The van der Waals surface area contributed by atoms with Crippen LogP contribution in [0.4, 0.5) is 4.79 Å². The topological polar surface area (TPSA) is 108 Å². The van der Waals surface area contributed by atoms with Gasteiger partial charge in [-0.05, 0) is 19.8 Å². The van der Waals surface area contributed by atoms with Crippen molar-refractivity contribution < 1.29 is 22.7 Å². The molecule has 0 unspecified atom stereocenters. The van der Waals surface area contributed by atoms with Crippen molar-refractivity contribution in [2.45, 2.75) is 38.6 Å². The molecular formula is C14H26N4O5S. The molecule has 0 spiro atoms. The second-order valence-electron chi connectivity index (χ2n) is 5.99. The summed E-state index contributed by atoms with van der Waals surface area (Å²) in [6.07, 6.45) is 3.34. The molecule has 1 saturated heterocycles. The Balaban J connectivity index is 1.72. The fraction of sp³-hybridized carbons (Fsp3) is 0.857. The Kier molecular flexibility index (Phi) is 6.81. The third-order valence-electron chi connectivity index (χ3n) is 4.25. The van der Waals surface area contributed by atoms with E-state index >= 15 is 0 Å². The van der Waals surface area contributed by atoms with E-state index in [0.717, 1.165) is 25.7 Å². The first-order chi connectivity index (χ1) is 11.4. The van der Waals surface area contributed by atoms with Gasteiger partial charge in [0.2, 0.25) is 5.91 Å². The Bertz CT molecular complexity index is 539. The average molecular weight is 362 g/mol. The van der Waals surface area contributed by atoms with Crippen molar-refractivity contribution in [1.82, 2.24) is 19.2 Å². The van der Waals surface area contributed by atoms with Crippen molar-refractivity contribution in [3.63, 3.8) is 0 Å². The Labute approximate surface area is 142 Å². The van der Waals surface area contributed by atoms with Crippen LogP contribution in [0.15, 0.2) is 0 Å². The van der Waals surface area contributed by atoms with Gasteiger partial charge in [0.1, 0.15) is 0 Å². The quantitative estimate of drug-likeness (QED) is 0.672. The van der Waals surface area contributed by atoms with Crippen LogP contribution in [0, 0.1) is 0 Å². The molecule has 0 atom stereocenters. The number of nitrogens with one attached hydrogen (secondary N) is 2. The summed E-state index contributed by atoms with van der Waals surface area (Å²) in [6.45, 7) is 3.29. The van der Waals surface area contributed by atoms with Gasteiger partial charge in [0.05, 0.1) is 13.2 Å². The molecule has 0 aromatic carbocycles. The van der Waals surface area contributed by atoms with Crippen LogP contribution in [0.1, 0.15) is 32.6 Å². The zero-order valence-corrected chi connectivity index (χ0v) is 14.8. The van der Waals surface area contributed by atoms with Gasteiger partial charge in [0.25, 0.3) is 10.2 Å². The largest absolute Gasteiger partial charge is 0.450 e. The summed E-state index contributed by atoms with van der Waals surface area (Å²) >= 11 is 0. The van der Waals surface area contributed by atoms with E-state index in [2.05, 4.69) is 9.44 Å². The molecule has 0 bridgehead atoms. The molecule has 2 amide bonds. The highest BCUT2D eigenvalue weighted by Crippen LogP contribution is 2.18. The lowest BCUT2D eigenvalue weighted by Crippen LogP contribution is -2.53. The number of carbonyl (C=O) groups is 2. The lowest BCUT2D eigenvalue weighted by Gasteiger charge is -2.34. The molecule has 10 heteroatoms. The van der Waals surface area contributed by atoms with Crippen molar-refractivity contribution in [1.29, 1.82) is 0 Å². The van der Waals surface area contributed by atoms with Gasteiger partial charge in [0, 0.05) is 32.2 Å². The summed E-state index contributed by atoms with van der Waals surface area (Å²) in [7, 11) is -3.66. The molecule has 1 aliphatic carbocycles. The molecule has 138 valence electrons. The average Bonchev–Trinajstić information content (AvgIpc) is 3.05. The third-order valence-corrected chi connectivity index (χ3v) is 5.42. The fourth-order valence-corrected chi connectivity index (χ4v) is 4.00. The number of carbonyl (C=O) groups excluding carboxylic acids is 2. The molecule has 2 aliphatic rings. The first kappa shape index (κ1) is 18.9. The molecule has 2 N–H and O–H groups in total. The van der Waals surface area contributed by atoms with Crippen LogP contribution in [-0.4, -0.2) is 75.6 Å². The van der Waals surface area contributed by atoms with Gasteiger partial charge >= 0.3 is 6.09 Å². The highest BCUT2D eigenvalue weighted by molar-refractivity contribution is 7.87. The van der Waals surface area contributed by atoms with Crippen LogP contribution in [0.5, 0.6) is 0 Å². The normalized spacial score (nSPS) is 19.5. The summed E-state index contributed by atoms with van der Waals surface area (Å²) in [6, 6.07) is -0.0364. The van der Waals surface area contributed by atoms with Gasteiger partial charge in [-0.2, -0.15) is 17.9 Å². The van der Waals surface area contributed by atoms with Gasteiger partial charge < -0.3 is 14.5 Å². The summed E-state index contributed by atoms with van der Waals surface area (Å²) in [5.41, 5.74) is 0. The zero-order valence-electron chi connectivity index (χ0n) is 14.0. The van der Waals surface area contributed by atoms with E-state index in [9.17, 15) is 18.0 Å². The van der Waals surface area contributed by atoms with Gasteiger partial charge in [-0.25, -0.2) is 4.79 Å². The molecule has 0 aromatic heterocycles. The second kappa shape index (κ2) is 8.63. The number of ether oxygens (including phenoxy) is 1. The zero-order chi connectivity index (χ0) is 17.6. The van der Waals surface area contributed by atoms with Crippen molar-refractivity contribution in [2.75, 3.05) is 39.3 Å². The van der Waals surface area contributed by atoms with Gasteiger partial charge in [-0.3, -0.25) is 4.79 Å². The van der Waals surface area contributed by atoms with E-state index in [1.165, 1.54) is 0 Å². The van der Waals surface area contributed by atoms with Gasteiger partial charge in [0.15, 0.2) is 0 Å². The van der Waals surface area contributed by atoms with Crippen LogP contribution < -0.4 is 9.44 Å². The first-order valence-electron chi connectivity index (χ1n) is 8.37. The molecule has 1 aliphatic heterocycles. The van der Waals surface area contributed by atoms with Crippen molar-refractivity contribution in [3.05, 3.63) is 0 Å². The Hall–Kier alpha value is -1.39. The van der Waals surface area contributed by atoms with Crippen LogP contribution in [-0.2, 0) is 19.7 Å². The standard InChI is InChI=1S/C14H26N4O5S/c1-2-23-14(20)18-9-7-17(8-10-18)13(19)11-15-24(21,22)16-12-5-3-4-6-12/h12,15-16H,2-11H2,1H3. The molecule has 24 heavy (non-hydrogen) atoms. The lowest BCUT2D eigenvalue weighted by molar-refractivity contribution is -0.131. The maximum absolute atomic E-state index is 12.1. The molecule has 0 aromatic rings. The van der Waals surface area contributed by atoms with E-state index in [1.807, 2.05) is 0 Å². The minimum Gasteiger partial charge on any atom is -0.450 e. The van der Waals surface area contributed by atoms with Crippen molar-refractivity contribution in [3.8, 4) is 0 Å². The van der Waals surface area contributed by atoms with Crippen molar-refractivity contribution in [2.24, 2.45) is 0 Å². The summed E-state index contributed by atoms with van der Waals surface area (Å²) in [5, 5.41) is 0. The van der Waals surface area contributed by atoms with Crippen LogP contribution in [0.2, 0.25) is 0 Å². The van der Waals surface area contributed by atoms with Crippen LogP contribution in [0.25, 0.3) is 0 Å². The predicted molar refractivity (Wildman–Crippen MR) is 87.5 cm³/mol. The SMILES string of the molecule is CCOC(=O)N1CCN(C(=O)CNS(=O)(=O)NC2CCCC2)CC1. The van der Waals surface area contributed by atoms with E-state index in [4.69, 9.17) is 4.74 Å². The minimum atomic E-state index is -3.66. The molecule has 1 saturated carbocycles. The van der Waals surface area contributed by atoms with E-state index < -0.39 is 10.2 Å². The number of piperazine rings is 1. The van der Waals surface area contributed by atoms with E-state index in [1.54, 1.807) is 16.7 Å².